The highest BCUT2D eigenvalue weighted by Gasteiger charge is 2.17. The van der Waals surface area contributed by atoms with Crippen molar-refractivity contribution in [1.29, 1.82) is 0 Å². The van der Waals surface area contributed by atoms with Gasteiger partial charge in [0.1, 0.15) is 5.82 Å². The highest BCUT2D eigenvalue weighted by atomic mass is 16.2. The van der Waals surface area contributed by atoms with Crippen LogP contribution in [0.5, 0.6) is 0 Å². The molecule has 0 atom stereocenters. The van der Waals surface area contributed by atoms with E-state index in [1.807, 2.05) is 12.1 Å². The van der Waals surface area contributed by atoms with Crippen LogP contribution in [0.3, 0.4) is 0 Å². The Labute approximate surface area is 167 Å². The molecule has 3 aromatic rings. The third-order valence-electron chi connectivity index (χ3n) is 5.21. The van der Waals surface area contributed by atoms with Crippen molar-refractivity contribution in [2.75, 3.05) is 0 Å². The van der Waals surface area contributed by atoms with Gasteiger partial charge in [-0.2, -0.15) is 0 Å². The lowest BCUT2D eigenvalue weighted by Crippen LogP contribution is -2.41. The summed E-state index contributed by atoms with van der Waals surface area (Å²) in [5, 5.41) is 0.487. The van der Waals surface area contributed by atoms with Gasteiger partial charge in [-0.3, -0.25) is 29.8 Å². The number of hydrogen-bond donors (Lipinski definition) is 2. The van der Waals surface area contributed by atoms with Gasteiger partial charge < -0.3 is 0 Å². The Balaban J connectivity index is 1.48. The number of aryl methyl sites for hydroxylation is 1. The van der Waals surface area contributed by atoms with Crippen LogP contribution in [-0.2, 0) is 13.0 Å². The van der Waals surface area contributed by atoms with Crippen molar-refractivity contribution in [1.82, 2.24) is 20.4 Å². The lowest BCUT2D eigenvalue weighted by molar-refractivity contribution is 0.0847. The highest BCUT2D eigenvalue weighted by molar-refractivity contribution is 6.00. The number of hydrogen-bond acceptors (Lipinski definition) is 4. The van der Waals surface area contributed by atoms with E-state index in [1.54, 1.807) is 34.9 Å². The lowest BCUT2D eigenvalue weighted by atomic mass is 10.0. The normalized spacial score (nSPS) is 12.8. The van der Waals surface area contributed by atoms with Gasteiger partial charge in [-0.15, -0.1) is 0 Å². The van der Waals surface area contributed by atoms with E-state index >= 15 is 0 Å². The third kappa shape index (κ3) is 3.63. The fraction of sp³-hybridized carbons (Fsp3) is 0.273. The van der Waals surface area contributed by atoms with E-state index in [-0.39, 0.29) is 5.56 Å². The molecule has 4 rings (SSSR count). The summed E-state index contributed by atoms with van der Waals surface area (Å²) >= 11 is 0. The first-order valence-corrected chi connectivity index (χ1v) is 9.68. The van der Waals surface area contributed by atoms with Gasteiger partial charge in [-0.05, 0) is 48.2 Å². The molecular weight excluding hydrogens is 368 g/mol. The number of nitrogens with zero attached hydrogens (tertiary/aromatic N) is 2. The van der Waals surface area contributed by atoms with Crippen molar-refractivity contribution >= 4 is 22.7 Å². The van der Waals surface area contributed by atoms with E-state index in [9.17, 15) is 14.4 Å². The fourth-order valence-corrected chi connectivity index (χ4v) is 3.50. The smallest absolute Gasteiger partial charge is 0.269 e. The van der Waals surface area contributed by atoms with Crippen LogP contribution >= 0.6 is 0 Å². The van der Waals surface area contributed by atoms with Crippen molar-refractivity contribution in [3.8, 4) is 0 Å². The number of carbonyl (C=O) groups is 2. The molecule has 29 heavy (non-hydrogen) atoms. The fourth-order valence-electron chi connectivity index (χ4n) is 3.50. The summed E-state index contributed by atoms with van der Waals surface area (Å²) in [6, 6.07) is 12.0. The van der Waals surface area contributed by atoms with Crippen LogP contribution in [0, 0.1) is 0 Å². The van der Waals surface area contributed by atoms with E-state index in [4.69, 9.17) is 0 Å². The summed E-state index contributed by atoms with van der Waals surface area (Å²) in [6.07, 6.45) is 1.66. The second kappa shape index (κ2) is 7.50. The van der Waals surface area contributed by atoms with Crippen molar-refractivity contribution in [2.24, 2.45) is 0 Å². The molecule has 0 spiro atoms. The Morgan fingerprint density at radius 1 is 1.00 bits per heavy atom. The molecule has 0 radical (unpaired) electrons. The largest absolute Gasteiger partial charge is 0.296 e. The van der Waals surface area contributed by atoms with Crippen LogP contribution in [0.15, 0.2) is 47.3 Å². The Morgan fingerprint density at radius 3 is 2.34 bits per heavy atom. The van der Waals surface area contributed by atoms with Gasteiger partial charge in [0.15, 0.2) is 0 Å². The molecule has 0 bridgehead atoms. The number of nitrogens with one attached hydrogen (secondary N) is 2. The lowest BCUT2D eigenvalue weighted by Gasteiger charge is -2.10. The zero-order chi connectivity index (χ0) is 20.5. The SMILES string of the molecule is CC(C)c1ccc(C(=O)NNC(=O)c2ccc3c(=O)n4c(nc3c2)CCC4)cc1. The number of fused-ring (bicyclic) bond motifs is 2. The van der Waals surface area contributed by atoms with Crippen molar-refractivity contribution in [3.63, 3.8) is 0 Å². The molecule has 1 aliphatic heterocycles. The number of rotatable bonds is 3. The quantitative estimate of drug-likeness (QED) is 0.672. The molecule has 0 aliphatic carbocycles. The molecule has 2 aromatic carbocycles. The monoisotopic (exact) mass is 390 g/mol. The molecule has 1 aliphatic rings. The zero-order valence-electron chi connectivity index (χ0n) is 16.4. The molecule has 0 fully saturated rings. The number of benzene rings is 2. The summed E-state index contributed by atoms with van der Waals surface area (Å²) in [4.78, 5) is 41.7. The predicted octanol–water partition coefficient (Wildman–Crippen LogP) is 2.54. The van der Waals surface area contributed by atoms with E-state index in [0.29, 0.717) is 34.5 Å². The molecule has 2 N–H and O–H groups in total. The van der Waals surface area contributed by atoms with Gasteiger partial charge >= 0.3 is 0 Å². The van der Waals surface area contributed by atoms with Crippen molar-refractivity contribution in [2.45, 2.75) is 39.2 Å². The van der Waals surface area contributed by atoms with E-state index in [0.717, 1.165) is 24.2 Å². The maximum atomic E-state index is 12.5. The van der Waals surface area contributed by atoms with E-state index in [2.05, 4.69) is 29.7 Å². The maximum Gasteiger partial charge on any atom is 0.269 e. The molecule has 2 heterocycles. The topological polar surface area (TPSA) is 93.1 Å². The minimum atomic E-state index is -0.471. The Kier molecular flexibility index (Phi) is 4.88. The summed E-state index contributed by atoms with van der Waals surface area (Å²) < 4.78 is 1.69. The van der Waals surface area contributed by atoms with Crippen molar-refractivity contribution in [3.05, 3.63) is 75.3 Å². The first kappa shape index (κ1) is 18.9. The molecule has 7 nitrogen and oxygen atoms in total. The Bertz CT molecular complexity index is 1160. The maximum absolute atomic E-state index is 12.5. The van der Waals surface area contributed by atoms with Crippen LogP contribution in [0.1, 0.15) is 58.3 Å². The molecule has 7 heteroatoms. The van der Waals surface area contributed by atoms with E-state index < -0.39 is 11.8 Å². The number of hydrazine groups is 1. The van der Waals surface area contributed by atoms with Crippen LogP contribution in [0.25, 0.3) is 10.9 Å². The molecule has 148 valence electrons. The van der Waals surface area contributed by atoms with Gasteiger partial charge in [0.25, 0.3) is 17.4 Å². The first-order chi connectivity index (χ1) is 13.9. The third-order valence-corrected chi connectivity index (χ3v) is 5.21. The molecule has 1 aromatic heterocycles. The van der Waals surface area contributed by atoms with Gasteiger partial charge in [-0.25, -0.2) is 4.98 Å². The minimum Gasteiger partial charge on any atom is -0.296 e. The average molecular weight is 390 g/mol. The number of amides is 2. The highest BCUT2D eigenvalue weighted by Crippen LogP contribution is 2.16. The van der Waals surface area contributed by atoms with Crippen LogP contribution in [-0.4, -0.2) is 21.4 Å². The molecule has 0 saturated carbocycles. The Hall–Kier alpha value is -3.48. The second-order valence-corrected chi connectivity index (χ2v) is 7.51. The minimum absolute atomic E-state index is 0.0763. The first-order valence-electron chi connectivity index (χ1n) is 9.68. The van der Waals surface area contributed by atoms with Crippen LogP contribution in [0.4, 0.5) is 0 Å². The van der Waals surface area contributed by atoms with Crippen LogP contribution in [0.2, 0.25) is 0 Å². The number of aromatic nitrogens is 2. The average Bonchev–Trinajstić information content (AvgIpc) is 3.20. The standard InChI is InChI=1S/C22H22N4O3/c1-13(2)14-5-7-15(8-6-14)20(27)24-25-21(28)16-9-10-17-18(12-16)23-19-4-3-11-26(19)22(17)29/h5-10,12-13H,3-4,11H2,1-2H3,(H,24,27)(H,25,28). The van der Waals surface area contributed by atoms with Gasteiger partial charge in [-0.1, -0.05) is 26.0 Å². The van der Waals surface area contributed by atoms with Crippen LogP contribution < -0.4 is 16.4 Å². The summed E-state index contributed by atoms with van der Waals surface area (Å²) in [7, 11) is 0. The number of carbonyl (C=O) groups excluding carboxylic acids is 2. The van der Waals surface area contributed by atoms with E-state index in [1.165, 1.54) is 0 Å². The molecule has 0 unspecified atom stereocenters. The van der Waals surface area contributed by atoms with Gasteiger partial charge in [0, 0.05) is 24.1 Å². The Morgan fingerprint density at radius 2 is 1.66 bits per heavy atom. The molecule has 0 saturated heterocycles. The van der Waals surface area contributed by atoms with Crippen molar-refractivity contribution < 1.29 is 9.59 Å². The molecular formula is C22H22N4O3. The van der Waals surface area contributed by atoms with Gasteiger partial charge in [0.2, 0.25) is 0 Å². The predicted molar refractivity (Wildman–Crippen MR) is 110 cm³/mol. The summed E-state index contributed by atoms with van der Waals surface area (Å²) in [5.41, 5.74) is 7.17. The molecule has 2 amide bonds. The summed E-state index contributed by atoms with van der Waals surface area (Å²) in [6.45, 7) is 4.84. The zero-order valence-corrected chi connectivity index (χ0v) is 16.4. The van der Waals surface area contributed by atoms with Gasteiger partial charge in [0.05, 0.1) is 10.9 Å². The summed E-state index contributed by atoms with van der Waals surface area (Å²) in [5.74, 6) is 0.255. The second-order valence-electron chi connectivity index (χ2n) is 7.51.